The number of hydrogen-bond donors (Lipinski definition) is 2. The molecular formula is C12H12N2O5S2. The lowest BCUT2D eigenvalue weighted by atomic mass is 10.2. The van der Waals surface area contributed by atoms with Crippen LogP contribution in [-0.2, 0) is 10.0 Å². The van der Waals surface area contributed by atoms with Crippen molar-refractivity contribution in [2.45, 2.75) is 11.1 Å². The molecule has 112 valence electrons. The fraction of sp³-hybridized carbons (Fsp3) is 0.167. The number of rotatable bonds is 4. The van der Waals surface area contributed by atoms with Crippen molar-refractivity contribution in [3.8, 4) is 0 Å². The Balaban J connectivity index is 2.59. The summed E-state index contributed by atoms with van der Waals surface area (Å²) < 4.78 is 25.8. The van der Waals surface area contributed by atoms with E-state index in [0.717, 1.165) is 4.31 Å². The minimum absolute atomic E-state index is 0.0326. The Morgan fingerprint density at radius 2 is 1.95 bits per heavy atom. The first-order valence-corrected chi connectivity index (χ1v) is 8.01. The molecule has 0 fully saturated rings. The predicted octanol–water partition coefficient (Wildman–Crippen LogP) is 1.27. The van der Waals surface area contributed by atoms with Crippen LogP contribution in [0.2, 0.25) is 0 Å². The normalized spacial score (nSPS) is 11.3. The van der Waals surface area contributed by atoms with Gasteiger partial charge in [-0.15, -0.1) is 0 Å². The summed E-state index contributed by atoms with van der Waals surface area (Å²) in [6.45, 7) is 1.47. The zero-order valence-electron chi connectivity index (χ0n) is 11.2. The molecule has 0 atom stereocenters. The Bertz CT molecular complexity index is 851. The number of aromatic carboxylic acids is 1. The molecule has 0 aliphatic heterocycles. The number of carboxylic acids is 1. The van der Waals surface area contributed by atoms with Crippen molar-refractivity contribution in [2.75, 3.05) is 11.4 Å². The number of aryl methyl sites for hydroxylation is 1. The Morgan fingerprint density at radius 1 is 1.33 bits per heavy atom. The van der Waals surface area contributed by atoms with E-state index in [2.05, 4.69) is 4.98 Å². The second kappa shape index (κ2) is 5.34. The average Bonchev–Trinajstić information content (AvgIpc) is 2.77. The molecule has 0 radical (unpaired) electrons. The topological polar surface area (TPSA) is 108 Å². The number of carboxylic acid groups (broad SMARTS) is 1. The number of anilines is 1. The van der Waals surface area contributed by atoms with Crippen molar-refractivity contribution >= 4 is 33.0 Å². The monoisotopic (exact) mass is 328 g/mol. The molecule has 0 spiro atoms. The maximum absolute atomic E-state index is 12.5. The lowest BCUT2D eigenvalue weighted by molar-refractivity contribution is 0.0698. The average molecular weight is 328 g/mol. The van der Waals surface area contributed by atoms with E-state index in [1.807, 2.05) is 0 Å². The molecule has 0 bridgehead atoms. The second-order valence-corrected chi connectivity index (χ2v) is 7.37. The van der Waals surface area contributed by atoms with Crippen LogP contribution < -0.4 is 9.18 Å². The van der Waals surface area contributed by atoms with Gasteiger partial charge in [0.1, 0.15) is 0 Å². The standard InChI is InChI=1S/C12H12N2O5S2/c1-7-11(20-12(17)13-7)21(18,19)14(2)9-6-4-3-5-8(9)10(15)16/h3-6H,1-2H3,(H,13,17)(H,15,16). The van der Waals surface area contributed by atoms with E-state index in [4.69, 9.17) is 5.11 Å². The third-order valence-corrected chi connectivity index (χ3v) is 6.20. The summed E-state index contributed by atoms with van der Waals surface area (Å²) in [7, 11) is -2.75. The molecule has 0 saturated carbocycles. The fourth-order valence-corrected chi connectivity index (χ4v) is 4.48. The number of benzene rings is 1. The van der Waals surface area contributed by atoms with Gasteiger partial charge in [-0.1, -0.05) is 23.5 Å². The Hall–Kier alpha value is -2.13. The molecule has 9 heteroatoms. The number of aromatic amines is 1. The van der Waals surface area contributed by atoms with Crippen LogP contribution in [0.15, 0.2) is 33.3 Å². The number of para-hydroxylation sites is 1. The van der Waals surface area contributed by atoms with Crippen molar-refractivity contribution in [3.05, 3.63) is 45.2 Å². The van der Waals surface area contributed by atoms with Gasteiger partial charge in [0.2, 0.25) is 0 Å². The molecule has 0 amide bonds. The number of H-pyrrole nitrogens is 1. The fourth-order valence-electron chi connectivity index (χ4n) is 1.82. The largest absolute Gasteiger partial charge is 0.478 e. The first kappa shape index (κ1) is 15.3. The molecule has 0 saturated heterocycles. The van der Waals surface area contributed by atoms with E-state index in [-0.39, 0.29) is 21.2 Å². The molecule has 1 aromatic carbocycles. The number of nitrogens with one attached hydrogen (secondary N) is 1. The molecule has 2 N–H and O–H groups in total. The van der Waals surface area contributed by atoms with Gasteiger partial charge in [-0.3, -0.25) is 9.10 Å². The summed E-state index contributed by atoms with van der Waals surface area (Å²) in [6.07, 6.45) is 0. The van der Waals surface area contributed by atoms with Gasteiger partial charge in [-0.05, 0) is 19.1 Å². The van der Waals surface area contributed by atoms with Gasteiger partial charge in [0.15, 0.2) is 4.21 Å². The molecule has 1 heterocycles. The maximum atomic E-state index is 12.5. The van der Waals surface area contributed by atoms with Crippen LogP contribution in [0.1, 0.15) is 16.1 Å². The highest BCUT2D eigenvalue weighted by molar-refractivity contribution is 7.94. The highest BCUT2D eigenvalue weighted by Crippen LogP contribution is 2.27. The molecule has 2 aromatic rings. The van der Waals surface area contributed by atoms with E-state index in [1.54, 1.807) is 6.07 Å². The first-order valence-electron chi connectivity index (χ1n) is 5.76. The number of nitrogens with zero attached hydrogens (tertiary/aromatic N) is 1. The number of thiazole rings is 1. The molecule has 1 aromatic heterocycles. The quantitative estimate of drug-likeness (QED) is 0.879. The second-order valence-electron chi connectivity index (χ2n) is 4.22. The summed E-state index contributed by atoms with van der Waals surface area (Å²) in [4.78, 5) is 24.4. The van der Waals surface area contributed by atoms with Crippen molar-refractivity contribution < 1.29 is 18.3 Å². The molecule has 0 aliphatic carbocycles. The van der Waals surface area contributed by atoms with Crippen LogP contribution in [0.5, 0.6) is 0 Å². The summed E-state index contributed by atoms with van der Waals surface area (Å²) in [5.74, 6) is -1.23. The SMILES string of the molecule is Cc1[nH]c(=O)sc1S(=O)(=O)N(C)c1ccccc1C(=O)O. The van der Waals surface area contributed by atoms with Crippen LogP contribution in [-0.4, -0.2) is 31.5 Å². The number of carbonyl (C=O) groups is 1. The van der Waals surface area contributed by atoms with Crippen LogP contribution in [0.3, 0.4) is 0 Å². The first-order chi connectivity index (χ1) is 9.75. The lowest BCUT2D eigenvalue weighted by Crippen LogP contribution is -2.28. The lowest BCUT2D eigenvalue weighted by Gasteiger charge is -2.20. The van der Waals surface area contributed by atoms with Crippen molar-refractivity contribution in [1.82, 2.24) is 4.98 Å². The predicted molar refractivity (Wildman–Crippen MR) is 78.7 cm³/mol. The smallest absolute Gasteiger partial charge is 0.337 e. The van der Waals surface area contributed by atoms with E-state index in [0.29, 0.717) is 11.3 Å². The number of sulfonamides is 1. The highest BCUT2D eigenvalue weighted by atomic mass is 32.2. The Morgan fingerprint density at radius 3 is 2.48 bits per heavy atom. The van der Waals surface area contributed by atoms with Gasteiger partial charge in [-0.2, -0.15) is 0 Å². The van der Waals surface area contributed by atoms with Gasteiger partial charge in [0.25, 0.3) is 10.0 Å². The van der Waals surface area contributed by atoms with Gasteiger partial charge < -0.3 is 10.1 Å². The van der Waals surface area contributed by atoms with Crippen molar-refractivity contribution in [2.24, 2.45) is 0 Å². The number of aromatic nitrogens is 1. The van der Waals surface area contributed by atoms with E-state index >= 15 is 0 Å². The van der Waals surface area contributed by atoms with Crippen LogP contribution in [0, 0.1) is 6.92 Å². The molecule has 0 aliphatic rings. The minimum Gasteiger partial charge on any atom is -0.478 e. The van der Waals surface area contributed by atoms with Crippen molar-refractivity contribution in [3.63, 3.8) is 0 Å². The zero-order chi connectivity index (χ0) is 15.8. The molecule has 2 rings (SSSR count). The summed E-state index contributed by atoms with van der Waals surface area (Å²) in [6, 6.07) is 5.76. The van der Waals surface area contributed by atoms with Gasteiger partial charge in [0.05, 0.1) is 11.3 Å². The van der Waals surface area contributed by atoms with E-state index in [1.165, 1.54) is 32.2 Å². The molecular weight excluding hydrogens is 316 g/mol. The van der Waals surface area contributed by atoms with Gasteiger partial charge >= 0.3 is 10.8 Å². The summed E-state index contributed by atoms with van der Waals surface area (Å²) in [5.41, 5.74) is 0.124. The van der Waals surface area contributed by atoms with E-state index < -0.39 is 20.9 Å². The Labute approximate surface area is 124 Å². The van der Waals surface area contributed by atoms with Crippen LogP contribution in [0.4, 0.5) is 5.69 Å². The third kappa shape index (κ3) is 2.69. The summed E-state index contributed by atoms with van der Waals surface area (Å²) in [5, 5.41) is 9.13. The number of hydrogen-bond acceptors (Lipinski definition) is 5. The van der Waals surface area contributed by atoms with Gasteiger partial charge in [0, 0.05) is 12.7 Å². The summed E-state index contributed by atoms with van der Waals surface area (Å²) >= 11 is 0.570. The van der Waals surface area contributed by atoms with Gasteiger partial charge in [-0.25, -0.2) is 13.2 Å². The minimum atomic E-state index is -4.00. The molecule has 7 nitrogen and oxygen atoms in total. The van der Waals surface area contributed by atoms with Crippen molar-refractivity contribution in [1.29, 1.82) is 0 Å². The van der Waals surface area contributed by atoms with E-state index in [9.17, 15) is 18.0 Å². The maximum Gasteiger partial charge on any atom is 0.337 e. The van der Waals surface area contributed by atoms with Crippen LogP contribution in [0.25, 0.3) is 0 Å². The molecule has 21 heavy (non-hydrogen) atoms. The molecule has 0 unspecified atom stereocenters. The zero-order valence-corrected chi connectivity index (χ0v) is 12.8. The highest BCUT2D eigenvalue weighted by Gasteiger charge is 2.28. The van der Waals surface area contributed by atoms with Crippen LogP contribution >= 0.6 is 11.3 Å². The Kier molecular flexibility index (Phi) is 3.88. The third-order valence-electron chi connectivity index (χ3n) is 2.85.